The third-order valence-corrected chi connectivity index (χ3v) is 7.86. The van der Waals surface area contributed by atoms with Gasteiger partial charge in [-0.15, -0.1) is 0 Å². The molecule has 0 saturated carbocycles. The van der Waals surface area contributed by atoms with Gasteiger partial charge in [0.2, 0.25) is 0 Å². The number of hydrogen-bond donors (Lipinski definition) is 0. The molecule has 0 amide bonds. The van der Waals surface area contributed by atoms with Crippen molar-refractivity contribution in [3.8, 4) is 68.4 Å². The lowest BCUT2D eigenvalue weighted by atomic mass is 9.82. The SMILES string of the molecule is CC1(C)c2ccccc2-c2c1ccc1c2Oc2cc(-c3nc(-c4ccccc4)nc(-c4ccccn4)n3)ccc2O1. The molecule has 0 atom stereocenters. The quantitative estimate of drug-likeness (QED) is 0.227. The van der Waals surface area contributed by atoms with Gasteiger partial charge in [-0.2, -0.15) is 0 Å². The molecule has 0 bridgehead atoms. The first-order valence-corrected chi connectivity index (χ1v) is 13.6. The second-order valence-electron chi connectivity index (χ2n) is 10.7. The predicted octanol–water partition coefficient (Wildman–Crippen LogP) is 8.47. The van der Waals surface area contributed by atoms with Crippen LogP contribution < -0.4 is 9.47 Å². The number of nitrogens with zero attached hydrogens (tertiary/aromatic N) is 4. The number of fused-ring (bicyclic) bond motifs is 6. The highest BCUT2D eigenvalue weighted by molar-refractivity contribution is 5.88. The lowest BCUT2D eigenvalue weighted by molar-refractivity contribution is 0.360. The molecule has 0 saturated heterocycles. The van der Waals surface area contributed by atoms with Crippen LogP contribution in [0.1, 0.15) is 25.0 Å². The number of hydrogen-bond acceptors (Lipinski definition) is 6. The number of rotatable bonds is 3. The molecule has 0 fully saturated rings. The summed E-state index contributed by atoms with van der Waals surface area (Å²) in [6, 6.07) is 34.1. The van der Waals surface area contributed by atoms with Gasteiger partial charge >= 0.3 is 0 Å². The molecule has 0 spiro atoms. The lowest BCUT2D eigenvalue weighted by Crippen LogP contribution is -2.15. The topological polar surface area (TPSA) is 70.0 Å². The molecule has 3 heterocycles. The van der Waals surface area contributed by atoms with E-state index in [1.54, 1.807) is 6.20 Å². The summed E-state index contributed by atoms with van der Waals surface area (Å²) in [4.78, 5) is 18.9. The predicted molar refractivity (Wildman–Crippen MR) is 158 cm³/mol. The number of aromatic nitrogens is 4. The Morgan fingerprint density at radius 3 is 2.12 bits per heavy atom. The minimum atomic E-state index is -0.132. The molecule has 0 unspecified atom stereocenters. The van der Waals surface area contributed by atoms with Gasteiger partial charge in [0.15, 0.2) is 40.5 Å². The fourth-order valence-electron chi connectivity index (χ4n) is 5.80. The highest BCUT2D eigenvalue weighted by atomic mass is 16.6. The van der Waals surface area contributed by atoms with Crippen molar-refractivity contribution in [2.75, 3.05) is 0 Å². The standard InChI is InChI=1S/C35H24N4O2/c1-35(2)24-13-7-6-12-23(24)30-25(35)16-18-28-31(30)41-29-20-22(15-17-27(29)40-28)33-37-32(21-10-4-3-5-11-21)38-34(39-33)26-14-8-9-19-36-26/h3-20H,1-2H3. The minimum absolute atomic E-state index is 0.132. The Morgan fingerprint density at radius 2 is 1.29 bits per heavy atom. The summed E-state index contributed by atoms with van der Waals surface area (Å²) in [5.74, 6) is 4.32. The molecule has 6 aromatic rings. The monoisotopic (exact) mass is 532 g/mol. The van der Waals surface area contributed by atoms with Crippen molar-refractivity contribution in [3.05, 3.63) is 120 Å². The molecule has 6 heteroatoms. The minimum Gasteiger partial charge on any atom is -0.449 e. The summed E-state index contributed by atoms with van der Waals surface area (Å²) in [5, 5.41) is 0. The average molecular weight is 533 g/mol. The molecule has 4 aromatic carbocycles. The van der Waals surface area contributed by atoms with Crippen LogP contribution in [0.5, 0.6) is 23.0 Å². The maximum atomic E-state index is 6.65. The molecular weight excluding hydrogens is 508 g/mol. The van der Waals surface area contributed by atoms with E-state index < -0.39 is 0 Å². The van der Waals surface area contributed by atoms with Gasteiger partial charge in [0, 0.05) is 28.3 Å². The van der Waals surface area contributed by atoms with Crippen LogP contribution >= 0.6 is 0 Å². The van der Waals surface area contributed by atoms with Crippen molar-refractivity contribution in [1.29, 1.82) is 0 Å². The normalized spacial score (nSPS) is 13.7. The number of pyridine rings is 1. The molecule has 8 rings (SSSR count). The van der Waals surface area contributed by atoms with Crippen LogP contribution in [-0.2, 0) is 5.41 Å². The van der Waals surface area contributed by atoms with Crippen molar-refractivity contribution in [1.82, 2.24) is 19.9 Å². The number of ether oxygens (including phenoxy) is 2. The van der Waals surface area contributed by atoms with E-state index >= 15 is 0 Å². The first kappa shape index (κ1) is 23.5. The van der Waals surface area contributed by atoms with Crippen LogP contribution in [0.3, 0.4) is 0 Å². The molecule has 2 aromatic heterocycles. The van der Waals surface area contributed by atoms with Crippen molar-refractivity contribution < 1.29 is 9.47 Å². The van der Waals surface area contributed by atoms with E-state index in [0.29, 0.717) is 40.4 Å². The zero-order valence-electron chi connectivity index (χ0n) is 22.5. The Morgan fingerprint density at radius 1 is 0.561 bits per heavy atom. The van der Waals surface area contributed by atoms with E-state index in [1.165, 1.54) is 16.7 Å². The van der Waals surface area contributed by atoms with Crippen LogP contribution in [0.4, 0.5) is 0 Å². The summed E-state index contributed by atoms with van der Waals surface area (Å²) < 4.78 is 13.0. The maximum Gasteiger partial charge on any atom is 0.182 e. The summed E-state index contributed by atoms with van der Waals surface area (Å²) in [6.07, 6.45) is 1.74. The molecule has 2 aliphatic rings. The van der Waals surface area contributed by atoms with E-state index in [1.807, 2.05) is 72.8 Å². The van der Waals surface area contributed by atoms with Crippen molar-refractivity contribution >= 4 is 0 Å². The summed E-state index contributed by atoms with van der Waals surface area (Å²) >= 11 is 0. The average Bonchev–Trinajstić information content (AvgIpc) is 3.27. The highest BCUT2D eigenvalue weighted by Gasteiger charge is 2.39. The smallest absolute Gasteiger partial charge is 0.182 e. The van der Waals surface area contributed by atoms with Crippen LogP contribution in [-0.4, -0.2) is 19.9 Å². The first-order chi connectivity index (χ1) is 20.1. The van der Waals surface area contributed by atoms with E-state index in [0.717, 1.165) is 22.4 Å². The van der Waals surface area contributed by atoms with Gasteiger partial charge in [-0.1, -0.05) is 80.6 Å². The van der Waals surface area contributed by atoms with Crippen LogP contribution in [0.25, 0.3) is 45.4 Å². The van der Waals surface area contributed by atoms with Gasteiger partial charge in [0.05, 0.1) is 0 Å². The zero-order valence-corrected chi connectivity index (χ0v) is 22.5. The van der Waals surface area contributed by atoms with Crippen molar-refractivity contribution in [2.45, 2.75) is 19.3 Å². The van der Waals surface area contributed by atoms with Gasteiger partial charge in [-0.25, -0.2) is 15.0 Å². The van der Waals surface area contributed by atoms with Gasteiger partial charge in [-0.05, 0) is 53.1 Å². The summed E-state index contributed by atoms with van der Waals surface area (Å²) in [6.45, 7) is 4.51. The lowest BCUT2D eigenvalue weighted by Gasteiger charge is -2.25. The third-order valence-electron chi connectivity index (χ3n) is 7.86. The molecule has 1 aliphatic carbocycles. The Bertz CT molecular complexity index is 1910. The van der Waals surface area contributed by atoms with E-state index in [2.05, 4.69) is 49.2 Å². The fourth-order valence-corrected chi connectivity index (χ4v) is 5.80. The van der Waals surface area contributed by atoms with Crippen molar-refractivity contribution in [2.24, 2.45) is 0 Å². The van der Waals surface area contributed by atoms with E-state index in [4.69, 9.17) is 24.4 Å². The van der Waals surface area contributed by atoms with Crippen LogP contribution in [0.15, 0.2) is 109 Å². The Labute approximate surface area is 237 Å². The Kier molecular flexibility index (Phi) is 5.06. The van der Waals surface area contributed by atoms with E-state index in [-0.39, 0.29) is 5.41 Å². The van der Waals surface area contributed by atoms with Gasteiger partial charge < -0.3 is 9.47 Å². The Hall–Kier alpha value is -5.36. The zero-order chi connectivity index (χ0) is 27.6. The largest absolute Gasteiger partial charge is 0.449 e. The molecule has 6 nitrogen and oxygen atoms in total. The van der Waals surface area contributed by atoms with Crippen molar-refractivity contribution in [3.63, 3.8) is 0 Å². The first-order valence-electron chi connectivity index (χ1n) is 13.6. The molecule has 0 radical (unpaired) electrons. The highest BCUT2D eigenvalue weighted by Crippen LogP contribution is 2.58. The molecule has 1 aliphatic heterocycles. The molecule has 0 N–H and O–H groups in total. The van der Waals surface area contributed by atoms with Crippen LogP contribution in [0.2, 0.25) is 0 Å². The van der Waals surface area contributed by atoms with E-state index in [9.17, 15) is 0 Å². The summed E-state index contributed by atoms with van der Waals surface area (Å²) in [5.41, 5.74) is 7.01. The molecule has 41 heavy (non-hydrogen) atoms. The molecule has 196 valence electrons. The Balaban J connectivity index is 1.25. The second kappa shape index (κ2) is 8.83. The van der Waals surface area contributed by atoms with Gasteiger partial charge in [0.1, 0.15) is 5.69 Å². The van der Waals surface area contributed by atoms with Crippen LogP contribution in [0, 0.1) is 0 Å². The van der Waals surface area contributed by atoms with Gasteiger partial charge in [0.25, 0.3) is 0 Å². The number of benzene rings is 4. The summed E-state index contributed by atoms with van der Waals surface area (Å²) in [7, 11) is 0. The third kappa shape index (κ3) is 3.72. The van der Waals surface area contributed by atoms with Gasteiger partial charge in [-0.3, -0.25) is 4.98 Å². The fraction of sp³-hybridized carbons (Fsp3) is 0.0857. The molecular formula is C35H24N4O2. The maximum absolute atomic E-state index is 6.65. The second-order valence-corrected chi connectivity index (χ2v) is 10.7.